The van der Waals surface area contributed by atoms with E-state index in [1.807, 2.05) is 32.0 Å². The number of aromatic nitrogens is 1. The summed E-state index contributed by atoms with van der Waals surface area (Å²) in [5.41, 5.74) is 2.82. The molecule has 124 valence electrons. The molecule has 2 amide bonds. The van der Waals surface area contributed by atoms with Gasteiger partial charge in [-0.25, -0.2) is 0 Å². The Morgan fingerprint density at radius 2 is 2.00 bits per heavy atom. The van der Waals surface area contributed by atoms with E-state index < -0.39 is 11.8 Å². The number of nitrogens with one attached hydrogen (secondary N) is 2. The fourth-order valence-electron chi connectivity index (χ4n) is 2.81. The second kappa shape index (κ2) is 6.31. The van der Waals surface area contributed by atoms with E-state index in [2.05, 4.69) is 10.3 Å². The zero-order chi connectivity index (χ0) is 17.3. The molecule has 1 aliphatic heterocycles. The normalized spacial score (nSPS) is 17.2. The SMILES string of the molecule is Cc1ccc(N2CCC(C(=O)Nc3ccc[nH]c3=O)C2=O)cc1C. The standard InChI is InChI=1S/C18H19N3O3/c1-11-5-6-13(10-12(11)2)21-9-7-14(18(21)24)16(22)20-15-4-3-8-19-17(15)23/h3-6,8,10,14H,7,9H2,1-2H3,(H,19,23)(H,20,22). The van der Waals surface area contributed by atoms with Crippen LogP contribution in [-0.2, 0) is 9.59 Å². The molecule has 1 aromatic heterocycles. The lowest BCUT2D eigenvalue weighted by atomic mass is 10.1. The number of carbonyl (C=O) groups excluding carboxylic acids is 2. The Kier molecular flexibility index (Phi) is 4.20. The van der Waals surface area contributed by atoms with E-state index in [0.717, 1.165) is 16.8 Å². The molecule has 0 bridgehead atoms. The molecule has 2 heterocycles. The van der Waals surface area contributed by atoms with Crippen molar-refractivity contribution in [1.82, 2.24) is 4.98 Å². The number of aryl methyl sites for hydroxylation is 2. The summed E-state index contributed by atoms with van der Waals surface area (Å²) in [6, 6.07) is 8.94. The van der Waals surface area contributed by atoms with Crippen molar-refractivity contribution in [2.24, 2.45) is 5.92 Å². The summed E-state index contributed by atoms with van der Waals surface area (Å²) in [5.74, 6) is -1.45. The van der Waals surface area contributed by atoms with Crippen molar-refractivity contribution in [3.63, 3.8) is 0 Å². The number of hydrogen-bond donors (Lipinski definition) is 2. The molecule has 0 radical (unpaired) electrons. The van der Waals surface area contributed by atoms with Crippen molar-refractivity contribution >= 4 is 23.2 Å². The molecule has 6 nitrogen and oxygen atoms in total. The number of carbonyl (C=O) groups is 2. The lowest BCUT2D eigenvalue weighted by Crippen LogP contribution is -2.34. The Morgan fingerprint density at radius 1 is 1.21 bits per heavy atom. The van der Waals surface area contributed by atoms with E-state index in [9.17, 15) is 14.4 Å². The smallest absolute Gasteiger partial charge is 0.271 e. The van der Waals surface area contributed by atoms with E-state index in [1.54, 1.807) is 11.0 Å². The van der Waals surface area contributed by atoms with Gasteiger partial charge in [-0.3, -0.25) is 14.4 Å². The Balaban J connectivity index is 1.76. The van der Waals surface area contributed by atoms with Crippen molar-refractivity contribution in [2.45, 2.75) is 20.3 Å². The molecule has 1 aliphatic rings. The van der Waals surface area contributed by atoms with Crippen LogP contribution in [0.2, 0.25) is 0 Å². The molecule has 3 rings (SSSR count). The summed E-state index contributed by atoms with van der Waals surface area (Å²) in [6.07, 6.45) is 1.92. The van der Waals surface area contributed by atoms with Gasteiger partial charge < -0.3 is 15.2 Å². The molecule has 1 saturated heterocycles. The van der Waals surface area contributed by atoms with Crippen LogP contribution in [0.15, 0.2) is 41.3 Å². The number of nitrogens with zero attached hydrogens (tertiary/aromatic N) is 1. The maximum atomic E-state index is 12.6. The summed E-state index contributed by atoms with van der Waals surface area (Å²) in [4.78, 5) is 40.7. The summed E-state index contributed by atoms with van der Waals surface area (Å²) < 4.78 is 0. The molecule has 0 spiro atoms. The van der Waals surface area contributed by atoms with Crippen molar-refractivity contribution in [3.8, 4) is 0 Å². The fourth-order valence-corrected chi connectivity index (χ4v) is 2.81. The van der Waals surface area contributed by atoms with Crippen LogP contribution in [0.3, 0.4) is 0 Å². The summed E-state index contributed by atoms with van der Waals surface area (Å²) >= 11 is 0. The van der Waals surface area contributed by atoms with Crippen LogP contribution in [0.25, 0.3) is 0 Å². The number of anilines is 2. The molecule has 1 aromatic carbocycles. The Hall–Kier alpha value is -2.89. The van der Waals surface area contributed by atoms with E-state index in [0.29, 0.717) is 13.0 Å². The Labute approximate surface area is 139 Å². The highest BCUT2D eigenvalue weighted by molar-refractivity contribution is 6.13. The number of H-pyrrole nitrogens is 1. The molecular weight excluding hydrogens is 306 g/mol. The van der Waals surface area contributed by atoms with Gasteiger partial charge in [-0.05, 0) is 55.7 Å². The fraction of sp³-hybridized carbons (Fsp3) is 0.278. The molecular formula is C18H19N3O3. The van der Waals surface area contributed by atoms with Gasteiger partial charge in [-0.2, -0.15) is 0 Å². The predicted octanol–water partition coefficient (Wildman–Crippen LogP) is 1.98. The van der Waals surface area contributed by atoms with Gasteiger partial charge in [-0.1, -0.05) is 6.07 Å². The van der Waals surface area contributed by atoms with E-state index in [-0.39, 0.29) is 17.2 Å². The minimum absolute atomic E-state index is 0.153. The number of hydrogen-bond acceptors (Lipinski definition) is 3. The first-order chi connectivity index (χ1) is 11.5. The Bertz CT molecular complexity index is 857. The number of benzene rings is 1. The van der Waals surface area contributed by atoms with Crippen molar-refractivity contribution in [1.29, 1.82) is 0 Å². The topological polar surface area (TPSA) is 82.3 Å². The van der Waals surface area contributed by atoms with Gasteiger partial charge in [0.05, 0.1) is 0 Å². The second-order valence-corrected chi connectivity index (χ2v) is 6.00. The minimum atomic E-state index is -0.772. The molecule has 24 heavy (non-hydrogen) atoms. The number of pyridine rings is 1. The maximum Gasteiger partial charge on any atom is 0.271 e. The van der Waals surface area contributed by atoms with Crippen LogP contribution in [-0.4, -0.2) is 23.3 Å². The lowest BCUT2D eigenvalue weighted by Gasteiger charge is -2.18. The first kappa shape index (κ1) is 16.0. The van der Waals surface area contributed by atoms with Gasteiger partial charge in [0.2, 0.25) is 11.8 Å². The van der Waals surface area contributed by atoms with Crippen LogP contribution in [0.5, 0.6) is 0 Å². The molecule has 1 unspecified atom stereocenters. The third-order valence-electron chi connectivity index (χ3n) is 4.40. The number of rotatable bonds is 3. The van der Waals surface area contributed by atoms with Gasteiger partial charge >= 0.3 is 0 Å². The lowest BCUT2D eigenvalue weighted by molar-refractivity contribution is -0.129. The van der Waals surface area contributed by atoms with Crippen molar-refractivity contribution in [3.05, 3.63) is 58.0 Å². The quantitative estimate of drug-likeness (QED) is 0.847. The number of amides is 2. The highest BCUT2D eigenvalue weighted by atomic mass is 16.2. The van der Waals surface area contributed by atoms with Gasteiger partial charge in [-0.15, -0.1) is 0 Å². The minimum Gasteiger partial charge on any atom is -0.327 e. The van der Waals surface area contributed by atoms with Crippen LogP contribution in [0.4, 0.5) is 11.4 Å². The van der Waals surface area contributed by atoms with E-state index in [1.165, 1.54) is 12.3 Å². The highest BCUT2D eigenvalue weighted by Gasteiger charge is 2.37. The largest absolute Gasteiger partial charge is 0.327 e. The van der Waals surface area contributed by atoms with Crippen molar-refractivity contribution < 1.29 is 9.59 Å². The van der Waals surface area contributed by atoms with Gasteiger partial charge in [0, 0.05) is 18.4 Å². The zero-order valence-corrected chi connectivity index (χ0v) is 13.6. The third-order valence-corrected chi connectivity index (χ3v) is 4.40. The molecule has 6 heteroatoms. The first-order valence-corrected chi connectivity index (χ1v) is 7.84. The first-order valence-electron chi connectivity index (χ1n) is 7.84. The van der Waals surface area contributed by atoms with Crippen LogP contribution < -0.4 is 15.8 Å². The second-order valence-electron chi connectivity index (χ2n) is 6.00. The van der Waals surface area contributed by atoms with Gasteiger partial charge in [0.15, 0.2) is 0 Å². The Morgan fingerprint density at radius 3 is 2.71 bits per heavy atom. The molecule has 0 saturated carbocycles. The molecule has 2 aromatic rings. The summed E-state index contributed by atoms with van der Waals surface area (Å²) in [5, 5.41) is 2.54. The average molecular weight is 325 g/mol. The maximum absolute atomic E-state index is 12.6. The highest BCUT2D eigenvalue weighted by Crippen LogP contribution is 2.27. The molecule has 2 N–H and O–H groups in total. The number of aromatic amines is 1. The zero-order valence-electron chi connectivity index (χ0n) is 13.6. The summed E-state index contributed by atoms with van der Waals surface area (Å²) in [7, 11) is 0. The molecule has 1 fully saturated rings. The summed E-state index contributed by atoms with van der Waals surface area (Å²) in [6.45, 7) is 4.49. The average Bonchev–Trinajstić information content (AvgIpc) is 2.94. The van der Waals surface area contributed by atoms with Crippen LogP contribution in [0, 0.1) is 19.8 Å². The third kappa shape index (κ3) is 2.95. The van der Waals surface area contributed by atoms with Crippen LogP contribution >= 0.6 is 0 Å². The molecule has 0 aliphatic carbocycles. The monoisotopic (exact) mass is 325 g/mol. The van der Waals surface area contributed by atoms with Gasteiger partial charge in [0.25, 0.3) is 5.56 Å². The van der Waals surface area contributed by atoms with Crippen LogP contribution in [0.1, 0.15) is 17.5 Å². The van der Waals surface area contributed by atoms with Crippen molar-refractivity contribution in [2.75, 3.05) is 16.8 Å². The van der Waals surface area contributed by atoms with Gasteiger partial charge in [0.1, 0.15) is 11.6 Å². The van der Waals surface area contributed by atoms with E-state index >= 15 is 0 Å². The van der Waals surface area contributed by atoms with E-state index in [4.69, 9.17) is 0 Å². The molecule has 1 atom stereocenters. The predicted molar refractivity (Wildman–Crippen MR) is 92.1 cm³/mol.